The van der Waals surface area contributed by atoms with E-state index in [1.54, 1.807) is 6.07 Å². The second kappa shape index (κ2) is 8.30. The van der Waals surface area contributed by atoms with E-state index in [-0.39, 0.29) is 17.6 Å². The summed E-state index contributed by atoms with van der Waals surface area (Å²) < 4.78 is 49.6. The number of halogens is 3. The van der Waals surface area contributed by atoms with Crippen LogP contribution in [0.15, 0.2) is 65.7 Å². The number of rotatable bonds is 6. The molecule has 4 nitrogen and oxygen atoms in total. The highest BCUT2D eigenvalue weighted by Crippen LogP contribution is 2.32. The summed E-state index contributed by atoms with van der Waals surface area (Å²) in [5.41, 5.74) is 0.156. The molecule has 0 saturated heterocycles. The molecule has 1 heterocycles. The fraction of sp³-hybridized carbons (Fsp3) is 0.158. The van der Waals surface area contributed by atoms with Gasteiger partial charge in [-0.25, -0.2) is 0 Å². The van der Waals surface area contributed by atoms with Gasteiger partial charge in [-0.05, 0) is 30.0 Å². The Bertz CT molecular complexity index is 905. The van der Waals surface area contributed by atoms with Gasteiger partial charge in [-0.15, -0.1) is 11.8 Å². The Kier molecular flexibility index (Phi) is 5.85. The molecule has 27 heavy (non-hydrogen) atoms. The van der Waals surface area contributed by atoms with Crippen LogP contribution >= 0.6 is 11.8 Å². The minimum absolute atomic E-state index is 0.00270. The van der Waals surface area contributed by atoms with Crippen LogP contribution in [0.4, 0.5) is 13.2 Å². The standard InChI is InChI=1S/C19H15F3N2O2S/c1-27-17-11-16(25-12-13-6-3-2-4-7-13)23-18(24-17)26-15-9-5-8-14(10-15)19(20,21)22/h2-11H,12H2,1H3. The van der Waals surface area contributed by atoms with E-state index in [2.05, 4.69) is 9.97 Å². The number of alkyl halides is 3. The van der Waals surface area contributed by atoms with Crippen molar-refractivity contribution >= 4 is 11.8 Å². The molecule has 0 aliphatic rings. The molecule has 0 aliphatic heterocycles. The van der Waals surface area contributed by atoms with E-state index in [1.165, 1.54) is 23.9 Å². The first kappa shape index (κ1) is 19.0. The van der Waals surface area contributed by atoms with Crippen LogP contribution < -0.4 is 9.47 Å². The molecular formula is C19H15F3N2O2S. The summed E-state index contributed by atoms with van der Waals surface area (Å²) in [6, 6.07) is 15.6. The minimum Gasteiger partial charge on any atom is -0.473 e. The predicted molar refractivity (Wildman–Crippen MR) is 96.1 cm³/mol. The molecule has 140 valence electrons. The Morgan fingerprint density at radius 2 is 1.74 bits per heavy atom. The maximum absolute atomic E-state index is 12.8. The molecule has 0 bridgehead atoms. The normalized spacial score (nSPS) is 11.3. The van der Waals surface area contributed by atoms with Crippen LogP contribution in [0.2, 0.25) is 0 Å². The van der Waals surface area contributed by atoms with Gasteiger partial charge in [0.15, 0.2) is 0 Å². The van der Waals surface area contributed by atoms with E-state index in [1.807, 2.05) is 36.6 Å². The quantitative estimate of drug-likeness (QED) is 0.404. The van der Waals surface area contributed by atoms with Gasteiger partial charge in [0.1, 0.15) is 17.4 Å². The van der Waals surface area contributed by atoms with Gasteiger partial charge in [0.05, 0.1) is 5.56 Å². The smallest absolute Gasteiger partial charge is 0.416 e. The zero-order valence-electron chi connectivity index (χ0n) is 14.2. The molecule has 0 N–H and O–H groups in total. The number of thioether (sulfide) groups is 1. The minimum atomic E-state index is -4.45. The van der Waals surface area contributed by atoms with Crippen LogP contribution in [0, 0.1) is 0 Å². The highest BCUT2D eigenvalue weighted by Gasteiger charge is 2.30. The van der Waals surface area contributed by atoms with Crippen LogP contribution in [-0.2, 0) is 12.8 Å². The van der Waals surface area contributed by atoms with Crippen molar-refractivity contribution in [3.63, 3.8) is 0 Å². The van der Waals surface area contributed by atoms with Crippen LogP contribution in [0.25, 0.3) is 0 Å². The molecule has 0 atom stereocenters. The summed E-state index contributed by atoms with van der Waals surface area (Å²) >= 11 is 1.35. The third-order valence-electron chi connectivity index (χ3n) is 3.47. The Morgan fingerprint density at radius 3 is 2.44 bits per heavy atom. The lowest BCUT2D eigenvalue weighted by Crippen LogP contribution is -2.05. The highest BCUT2D eigenvalue weighted by molar-refractivity contribution is 7.98. The van der Waals surface area contributed by atoms with Crippen molar-refractivity contribution in [3.8, 4) is 17.6 Å². The van der Waals surface area contributed by atoms with Gasteiger partial charge in [0, 0.05) is 6.07 Å². The largest absolute Gasteiger partial charge is 0.473 e. The molecule has 0 amide bonds. The summed E-state index contributed by atoms with van der Waals surface area (Å²) in [5, 5.41) is 0.579. The van der Waals surface area contributed by atoms with Crippen molar-refractivity contribution in [2.45, 2.75) is 17.8 Å². The van der Waals surface area contributed by atoms with Crippen molar-refractivity contribution in [2.24, 2.45) is 0 Å². The first-order valence-corrected chi connectivity index (χ1v) is 9.11. The van der Waals surface area contributed by atoms with Crippen molar-refractivity contribution in [1.82, 2.24) is 9.97 Å². The first-order valence-electron chi connectivity index (χ1n) is 7.89. The van der Waals surface area contributed by atoms with Crippen molar-refractivity contribution in [2.75, 3.05) is 6.26 Å². The predicted octanol–water partition coefficient (Wildman–Crippen LogP) is 5.59. The SMILES string of the molecule is CSc1cc(OCc2ccccc2)nc(Oc2cccc(C(F)(F)F)c2)n1. The van der Waals surface area contributed by atoms with E-state index in [4.69, 9.17) is 9.47 Å². The second-order valence-corrected chi connectivity index (χ2v) is 6.26. The molecule has 0 aliphatic carbocycles. The number of benzene rings is 2. The monoisotopic (exact) mass is 392 g/mol. The summed E-state index contributed by atoms with van der Waals surface area (Å²) in [4.78, 5) is 8.30. The Hall–Kier alpha value is -2.74. The lowest BCUT2D eigenvalue weighted by Gasteiger charge is -2.11. The van der Waals surface area contributed by atoms with Gasteiger partial charge in [-0.3, -0.25) is 0 Å². The third kappa shape index (κ3) is 5.37. The van der Waals surface area contributed by atoms with Crippen molar-refractivity contribution in [1.29, 1.82) is 0 Å². The maximum atomic E-state index is 12.8. The average Bonchev–Trinajstić information content (AvgIpc) is 2.66. The molecule has 0 radical (unpaired) electrons. The molecule has 8 heteroatoms. The van der Waals surface area contributed by atoms with Gasteiger partial charge < -0.3 is 9.47 Å². The number of aromatic nitrogens is 2. The molecular weight excluding hydrogens is 377 g/mol. The van der Waals surface area contributed by atoms with Crippen molar-refractivity contribution < 1.29 is 22.6 Å². The summed E-state index contributed by atoms with van der Waals surface area (Å²) in [6.07, 6.45) is -2.64. The summed E-state index contributed by atoms with van der Waals surface area (Å²) in [6.45, 7) is 0.300. The molecule has 0 unspecified atom stereocenters. The molecule has 0 spiro atoms. The number of nitrogens with zero attached hydrogens (tertiary/aromatic N) is 2. The average molecular weight is 392 g/mol. The van der Waals surface area contributed by atoms with Crippen LogP contribution in [0.1, 0.15) is 11.1 Å². The molecule has 3 aromatic rings. The zero-order valence-corrected chi connectivity index (χ0v) is 15.1. The third-order valence-corrected chi connectivity index (χ3v) is 4.10. The summed E-state index contributed by atoms with van der Waals surface area (Å²) in [7, 11) is 0. The topological polar surface area (TPSA) is 44.2 Å². The highest BCUT2D eigenvalue weighted by atomic mass is 32.2. The van der Waals surface area contributed by atoms with Crippen LogP contribution in [0.5, 0.6) is 17.6 Å². The lowest BCUT2D eigenvalue weighted by molar-refractivity contribution is -0.137. The fourth-order valence-electron chi connectivity index (χ4n) is 2.18. The van der Waals surface area contributed by atoms with E-state index in [0.29, 0.717) is 11.6 Å². The fourth-order valence-corrected chi connectivity index (χ4v) is 2.57. The van der Waals surface area contributed by atoms with Crippen molar-refractivity contribution in [3.05, 3.63) is 71.8 Å². The maximum Gasteiger partial charge on any atom is 0.416 e. The Morgan fingerprint density at radius 1 is 0.963 bits per heavy atom. The van der Waals surface area contributed by atoms with Gasteiger partial charge in [0.25, 0.3) is 0 Å². The zero-order chi connectivity index (χ0) is 19.3. The molecule has 3 rings (SSSR count). The van der Waals surface area contributed by atoms with Gasteiger partial charge >= 0.3 is 12.2 Å². The Balaban J connectivity index is 1.79. The molecule has 2 aromatic carbocycles. The van der Waals surface area contributed by atoms with E-state index in [9.17, 15) is 13.2 Å². The van der Waals surface area contributed by atoms with E-state index >= 15 is 0 Å². The van der Waals surface area contributed by atoms with E-state index < -0.39 is 11.7 Å². The number of hydrogen-bond donors (Lipinski definition) is 0. The Labute approximate surface area is 158 Å². The second-order valence-electron chi connectivity index (χ2n) is 5.43. The molecule has 0 fully saturated rings. The number of ether oxygens (including phenoxy) is 2. The van der Waals surface area contributed by atoms with E-state index in [0.717, 1.165) is 17.7 Å². The first-order chi connectivity index (χ1) is 12.9. The van der Waals surface area contributed by atoms with Crippen LogP contribution in [0.3, 0.4) is 0 Å². The lowest BCUT2D eigenvalue weighted by atomic mass is 10.2. The van der Waals surface area contributed by atoms with Crippen LogP contribution in [-0.4, -0.2) is 16.2 Å². The van der Waals surface area contributed by atoms with Gasteiger partial charge in [-0.1, -0.05) is 36.4 Å². The molecule has 1 aromatic heterocycles. The van der Waals surface area contributed by atoms with Gasteiger partial charge in [-0.2, -0.15) is 23.1 Å². The number of hydrogen-bond acceptors (Lipinski definition) is 5. The molecule has 0 saturated carbocycles. The summed E-state index contributed by atoms with van der Waals surface area (Å²) in [5.74, 6) is 0.275. The van der Waals surface area contributed by atoms with Gasteiger partial charge in [0.2, 0.25) is 5.88 Å².